The van der Waals surface area contributed by atoms with E-state index in [1.54, 1.807) is 0 Å². The molecule has 0 saturated carbocycles. The molecule has 0 fully saturated rings. The standard InChI is InChI=1S/C67H126O6/c1-4-7-10-13-16-19-22-25-28-31-32-33-34-35-36-37-40-42-45-48-51-54-57-60-66(69)72-63-64(73-67(70)61-58-55-52-49-46-43-39-30-27-24-21-18-15-12-9-6-3)62-71-65(68)59-56-53-50-47-44-41-38-29-26-23-20-17-14-11-8-5-2/h29-30,38-39,64H,4-28,31-37,40-63H2,1-3H3/b38-29-,39-30-. The third-order valence-corrected chi connectivity index (χ3v) is 14.9. The Morgan fingerprint density at radius 1 is 0.260 bits per heavy atom. The molecule has 0 aromatic carbocycles. The van der Waals surface area contributed by atoms with Crippen LogP contribution in [-0.4, -0.2) is 37.2 Å². The van der Waals surface area contributed by atoms with Crippen molar-refractivity contribution >= 4 is 17.9 Å². The highest BCUT2D eigenvalue weighted by molar-refractivity contribution is 5.71. The number of hydrogen-bond acceptors (Lipinski definition) is 6. The Balaban J connectivity index is 4.28. The molecule has 0 aliphatic heterocycles. The van der Waals surface area contributed by atoms with Gasteiger partial charge in [0.1, 0.15) is 13.2 Å². The zero-order valence-electron chi connectivity index (χ0n) is 49.4. The van der Waals surface area contributed by atoms with Crippen LogP contribution in [0.15, 0.2) is 24.3 Å². The van der Waals surface area contributed by atoms with E-state index < -0.39 is 6.10 Å². The molecule has 6 heteroatoms. The molecule has 0 saturated heterocycles. The fourth-order valence-electron chi connectivity index (χ4n) is 9.97. The molecule has 6 nitrogen and oxygen atoms in total. The summed E-state index contributed by atoms with van der Waals surface area (Å²) >= 11 is 0. The van der Waals surface area contributed by atoms with Crippen LogP contribution in [0.1, 0.15) is 367 Å². The third-order valence-electron chi connectivity index (χ3n) is 14.9. The van der Waals surface area contributed by atoms with E-state index in [4.69, 9.17) is 14.2 Å². The second-order valence-electron chi connectivity index (χ2n) is 22.4. The first kappa shape index (κ1) is 70.9. The highest BCUT2D eigenvalue weighted by Gasteiger charge is 2.19. The summed E-state index contributed by atoms with van der Waals surface area (Å²) in [5.41, 5.74) is 0. The second kappa shape index (κ2) is 62.4. The average Bonchev–Trinajstić information content (AvgIpc) is 3.39. The summed E-state index contributed by atoms with van der Waals surface area (Å²) in [6.07, 6.45) is 74.8. The Hall–Kier alpha value is -2.11. The summed E-state index contributed by atoms with van der Waals surface area (Å²) < 4.78 is 16.9. The van der Waals surface area contributed by atoms with Gasteiger partial charge in [0.15, 0.2) is 6.10 Å². The lowest BCUT2D eigenvalue weighted by atomic mass is 10.0. The van der Waals surface area contributed by atoms with E-state index in [9.17, 15) is 14.4 Å². The van der Waals surface area contributed by atoms with Crippen LogP contribution in [-0.2, 0) is 28.6 Å². The van der Waals surface area contributed by atoms with Crippen LogP contribution >= 0.6 is 0 Å². The van der Waals surface area contributed by atoms with Gasteiger partial charge in [-0.25, -0.2) is 0 Å². The van der Waals surface area contributed by atoms with Crippen LogP contribution in [0, 0.1) is 0 Å². The van der Waals surface area contributed by atoms with Gasteiger partial charge in [-0.3, -0.25) is 14.4 Å². The van der Waals surface area contributed by atoms with Crippen molar-refractivity contribution < 1.29 is 28.6 Å². The number of esters is 3. The molecule has 0 heterocycles. The summed E-state index contributed by atoms with van der Waals surface area (Å²) in [4.78, 5) is 38.3. The minimum absolute atomic E-state index is 0.0722. The van der Waals surface area contributed by atoms with E-state index >= 15 is 0 Å². The largest absolute Gasteiger partial charge is 0.462 e. The predicted molar refractivity (Wildman–Crippen MR) is 316 cm³/mol. The molecule has 0 bridgehead atoms. The molecule has 73 heavy (non-hydrogen) atoms. The monoisotopic (exact) mass is 1030 g/mol. The first-order valence-electron chi connectivity index (χ1n) is 32.8. The molecule has 0 N–H and O–H groups in total. The average molecular weight is 1030 g/mol. The number of carbonyl (C=O) groups is 3. The quantitative estimate of drug-likeness (QED) is 0.0261. The van der Waals surface area contributed by atoms with E-state index in [0.29, 0.717) is 19.3 Å². The Labute approximate surface area is 455 Å². The van der Waals surface area contributed by atoms with Crippen molar-refractivity contribution in [2.45, 2.75) is 374 Å². The van der Waals surface area contributed by atoms with Crippen molar-refractivity contribution in [1.29, 1.82) is 0 Å². The lowest BCUT2D eigenvalue weighted by Crippen LogP contribution is -2.30. The number of rotatable bonds is 61. The summed E-state index contributed by atoms with van der Waals surface area (Å²) in [6, 6.07) is 0. The van der Waals surface area contributed by atoms with Crippen LogP contribution in [0.4, 0.5) is 0 Å². The summed E-state index contributed by atoms with van der Waals surface area (Å²) in [5, 5.41) is 0. The molecule has 0 spiro atoms. The molecular weight excluding hydrogens is 901 g/mol. The second-order valence-corrected chi connectivity index (χ2v) is 22.4. The highest BCUT2D eigenvalue weighted by Crippen LogP contribution is 2.18. The lowest BCUT2D eigenvalue weighted by molar-refractivity contribution is -0.167. The van der Waals surface area contributed by atoms with Crippen molar-refractivity contribution in [1.82, 2.24) is 0 Å². The molecular formula is C67H126O6. The van der Waals surface area contributed by atoms with Crippen LogP contribution in [0.3, 0.4) is 0 Å². The Bertz CT molecular complexity index is 1180. The maximum atomic E-state index is 12.9. The molecule has 1 unspecified atom stereocenters. The molecule has 430 valence electrons. The molecule has 1 atom stereocenters. The van der Waals surface area contributed by atoms with Crippen molar-refractivity contribution in [3.05, 3.63) is 24.3 Å². The molecule has 0 aromatic heterocycles. The van der Waals surface area contributed by atoms with E-state index in [0.717, 1.165) is 70.6 Å². The van der Waals surface area contributed by atoms with Gasteiger partial charge in [0.05, 0.1) is 0 Å². The van der Waals surface area contributed by atoms with Gasteiger partial charge in [0.2, 0.25) is 0 Å². The molecule has 0 amide bonds. The molecule has 0 radical (unpaired) electrons. The van der Waals surface area contributed by atoms with E-state index in [1.165, 1.54) is 257 Å². The van der Waals surface area contributed by atoms with Crippen molar-refractivity contribution in [2.75, 3.05) is 13.2 Å². The zero-order valence-corrected chi connectivity index (χ0v) is 49.4. The Kier molecular flexibility index (Phi) is 60.6. The van der Waals surface area contributed by atoms with Gasteiger partial charge < -0.3 is 14.2 Å². The molecule has 0 aliphatic rings. The van der Waals surface area contributed by atoms with Crippen LogP contribution in [0.25, 0.3) is 0 Å². The summed E-state index contributed by atoms with van der Waals surface area (Å²) in [6.45, 7) is 6.69. The Morgan fingerprint density at radius 3 is 0.685 bits per heavy atom. The first-order chi connectivity index (χ1) is 36.0. The summed E-state index contributed by atoms with van der Waals surface area (Å²) in [5.74, 6) is -0.863. The van der Waals surface area contributed by atoms with E-state index in [2.05, 4.69) is 45.1 Å². The number of hydrogen-bond donors (Lipinski definition) is 0. The fraction of sp³-hybridized carbons (Fsp3) is 0.896. The summed E-state index contributed by atoms with van der Waals surface area (Å²) in [7, 11) is 0. The smallest absolute Gasteiger partial charge is 0.306 e. The van der Waals surface area contributed by atoms with Crippen LogP contribution < -0.4 is 0 Å². The van der Waals surface area contributed by atoms with E-state index in [1.807, 2.05) is 0 Å². The number of carbonyl (C=O) groups excluding carboxylic acids is 3. The van der Waals surface area contributed by atoms with Crippen molar-refractivity contribution in [2.24, 2.45) is 0 Å². The number of unbranched alkanes of at least 4 members (excludes halogenated alkanes) is 46. The van der Waals surface area contributed by atoms with Crippen LogP contribution in [0.2, 0.25) is 0 Å². The normalized spacial score (nSPS) is 12.1. The lowest BCUT2D eigenvalue weighted by Gasteiger charge is -2.18. The predicted octanol–water partition coefficient (Wildman–Crippen LogP) is 22.2. The molecule has 0 aliphatic carbocycles. The topological polar surface area (TPSA) is 78.9 Å². The van der Waals surface area contributed by atoms with Gasteiger partial charge in [-0.15, -0.1) is 0 Å². The minimum atomic E-state index is -0.776. The van der Waals surface area contributed by atoms with Crippen molar-refractivity contribution in [3.63, 3.8) is 0 Å². The van der Waals surface area contributed by atoms with Crippen molar-refractivity contribution in [3.8, 4) is 0 Å². The van der Waals surface area contributed by atoms with Gasteiger partial charge in [-0.2, -0.15) is 0 Å². The molecule has 0 rings (SSSR count). The number of allylic oxidation sites excluding steroid dienone is 4. The fourth-order valence-corrected chi connectivity index (χ4v) is 9.97. The van der Waals surface area contributed by atoms with Crippen LogP contribution in [0.5, 0.6) is 0 Å². The van der Waals surface area contributed by atoms with Gasteiger partial charge >= 0.3 is 17.9 Å². The molecule has 0 aromatic rings. The van der Waals surface area contributed by atoms with Gasteiger partial charge in [-0.05, 0) is 70.6 Å². The maximum absolute atomic E-state index is 12.9. The van der Waals surface area contributed by atoms with Gasteiger partial charge in [-0.1, -0.05) is 302 Å². The van der Waals surface area contributed by atoms with Gasteiger partial charge in [0, 0.05) is 19.3 Å². The van der Waals surface area contributed by atoms with Gasteiger partial charge in [0.25, 0.3) is 0 Å². The maximum Gasteiger partial charge on any atom is 0.306 e. The number of ether oxygens (including phenoxy) is 3. The Morgan fingerprint density at radius 2 is 0.452 bits per heavy atom. The zero-order chi connectivity index (χ0) is 52.9. The highest BCUT2D eigenvalue weighted by atomic mass is 16.6. The SMILES string of the molecule is CCCCCCCCC/C=C\CCCCCCCC(=O)OCC(COC(=O)CCCCCCCCCCCCCCCCCCCCCCCCC)OC(=O)CCCCCCC/C=C\CCCCCCCCC. The first-order valence-corrected chi connectivity index (χ1v) is 32.8. The van der Waals surface area contributed by atoms with E-state index in [-0.39, 0.29) is 31.1 Å². The third kappa shape index (κ3) is 60.6. The minimum Gasteiger partial charge on any atom is -0.462 e.